The van der Waals surface area contributed by atoms with E-state index in [4.69, 9.17) is 5.11 Å². The molecule has 0 bridgehead atoms. The van der Waals surface area contributed by atoms with Crippen LogP contribution >= 0.6 is 0 Å². The van der Waals surface area contributed by atoms with Gasteiger partial charge in [0.25, 0.3) is 0 Å². The van der Waals surface area contributed by atoms with Gasteiger partial charge in [-0.3, -0.25) is 9.59 Å². The van der Waals surface area contributed by atoms with Crippen molar-refractivity contribution >= 4 is 5.97 Å². The number of carboxylic acids is 1. The molecule has 1 unspecified atom stereocenters. The second-order valence-corrected chi connectivity index (χ2v) is 5.06. The Morgan fingerprint density at radius 1 is 1.50 bits per heavy atom. The van der Waals surface area contributed by atoms with Gasteiger partial charge in [0.2, 0.25) is 5.43 Å². The van der Waals surface area contributed by atoms with Gasteiger partial charge in [-0.15, -0.1) is 0 Å². The van der Waals surface area contributed by atoms with Gasteiger partial charge >= 0.3 is 5.97 Å². The van der Waals surface area contributed by atoms with Gasteiger partial charge in [0, 0.05) is 30.9 Å². The molecule has 0 aromatic carbocycles. The first kappa shape index (κ1) is 16.2. The van der Waals surface area contributed by atoms with Gasteiger partial charge in [-0.05, 0) is 20.4 Å². The third kappa shape index (κ3) is 4.38. The molecule has 112 valence electrons. The van der Waals surface area contributed by atoms with Crippen LogP contribution in [-0.2, 0) is 11.3 Å². The van der Waals surface area contributed by atoms with E-state index in [1.54, 1.807) is 7.05 Å². The van der Waals surface area contributed by atoms with Crippen LogP contribution in [0.25, 0.3) is 0 Å². The van der Waals surface area contributed by atoms with E-state index in [1.807, 2.05) is 23.3 Å². The van der Waals surface area contributed by atoms with Crippen molar-refractivity contribution in [3.05, 3.63) is 28.2 Å². The maximum atomic E-state index is 11.6. The fourth-order valence-electron chi connectivity index (χ4n) is 1.95. The number of rotatable bonds is 7. The summed E-state index contributed by atoms with van der Waals surface area (Å²) in [5, 5.41) is 18.2. The minimum absolute atomic E-state index is 0.0577. The summed E-state index contributed by atoms with van der Waals surface area (Å²) in [6.45, 7) is 4.90. The third-order valence-electron chi connectivity index (χ3n) is 3.35. The number of aromatic hydroxyl groups is 1. The number of pyridine rings is 1. The lowest BCUT2D eigenvalue weighted by atomic mass is 10.2. The molecule has 1 heterocycles. The quantitative estimate of drug-likeness (QED) is 0.790. The topological polar surface area (TPSA) is 82.8 Å². The Hall–Kier alpha value is -1.82. The van der Waals surface area contributed by atoms with Crippen molar-refractivity contribution in [3.8, 4) is 5.75 Å². The molecule has 0 saturated carbocycles. The molecular formula is C14H22N2O4. The summed E-state index contributed by atoms with van der Waals surface area (Å²) in [4.78, 5) is 24.0. The molecule has 0 aliphatic carbocycles. The van der Waals surface area contributed by atoms with Crippen molar-refractivity contribution < 1.29 is 15.0 Å². The van der Waals surface area contributed by atoms with Gasteiger partial charge < -0.3 is 19.7 Å². The van der Waals surface area contributed by atoms with Crippen LogP contribution in [0, 0.1) is 0 Å². The molecule has 6 nitrogen and oxygen atoms in total. The Morgan fingerprint density at radius 3 is 2.70 bits per heavy atom. The fraction of sp³-hybridized carbons (Fsp3) is 0.571. The Labute approximate surface area is 118 Å². The van der Waals surface area contributed by atoms with Crippen molar-refractivity contribution in [3.63, 3.8) is 0 Å². The number of aromatic nitrogens is 1. The average Bonchev–Trinajstić information content (AvgIpc) is 2.39. The summed E-state index contributed by atoms with van der Waals surface area (Å²) < 4.78 is 1.87. The van der Waals surface area contributed by atoms with Gasteiger partial charge in [0.15, 0.2) is 5.75 Å². The Bertz CT molecular complexity index is 524. The summed E-state index contributed by atoms with van der Waals surface area (Å²) in [5.74, 6) is -1.11. The van der Waals surface area contributed by atoms with Crippen LogP contribution in [0.4, 0.5) is 0 Å². The zero-order chi connectivity index (χ0) is 15.3. The molecule has 0 fully saturated rings. The Morgan fingerprint density at radius 2 is 2.15 bits per heavy atom. The molecule has 2 N–H and O–H groups in total. The summed E-state index contributed by atoms with van der Waals surface area (Å²) in [5.41, 5.74) is 0.362. The molecule has 0 radical (unpaired) electrons. The molecule has 1 aromatic rings. The highest BCUT2D eigenvalue weighted by molar-refractivity contribution is 5.66. The van der Waals surface area contributed by atoms with Crippen LogP contribution in [0.5, 0.6) is 5.75 Å². The van der Waals surface area contributed by atoms with Gasteiger partial charge in [-0.25, -0.2) is 0 Å². The molecule has 0 spiro atoms. The van der Waals surface area contributed by atoms with Crippen molar-refractivity contribution in [1.82, 2.24) is 9.47 Å². The van der Waals surface area contributed by atoms with E-state index >= 15 is 0 Å². The van der Waals surface area contributed by atoms with Gasteiger partial charge in [-0.2, -0.15) is 0 Å². The first-order valence-electron chi connectivity index (χ1n) is 6.69. The number of hydrogen-bond donors (Lipinski definition) is 2. The molecule has 0 aliphatic rings. The molecule has 1 atom stereocenters. The largest absolute Gasteiger partial charge is 0.503 e. The van der Waals surface area contributed by atoms with Crippen LogP contribution in [0.15, 0.2) is 17.1 Å². The van der Waals surface area contributed by atoms with Crippen molar-refractivity contribution in [2.75, 3.05) is 13.6 Å². The summed E-state index contributed by atoms with van der Waals surface area (Å²) in [6, 6.07) is 1.57. The highest BCUT2D eigenvalue weighted by atomic mass is 16.4. The van der Waals surface area contributed by atoms with Gasteiger partial charge in [-0.1, -0.05) is 6.92 Å². The first-order valence-corrected chi connectivity index (χ1v) is 6.69. The number of hydrogen-bond acceptors (Lipinski definition) is 4. The zero-order valence-electron chi connectivity index (χ0n) is 12.2. The predicted octanol–water partition coefficient (Wildman–Crippen LogP) is 1.43. The monoisotopic (exact) mass is 282 g/mol. The fourth-order valence-corrected chi connectivity index (χ4v) is 1.95. The third-order valence-corrected chi connectivity index (χ3v) is 3.35. The minimum Gasteiger partial charge on any atom is -0.503 e. The predicted molar refractivity (Wildman–Crippen MR) is 76.0 cm³/mol. The maximum absolute atomic E-state index is 11.6. The van der Waals surface area contributed by atoms with E-state index in [9.17, 15) is 14.7 Å². The standard InChI is InChI=1S/C14H22N2O4/c1-4-10(2)16-9-13(18)12(17)7-11(16)8-15(3)6-5-14(19)20/h7,9-10,18H,4-6,8H2,1-3H3,(H,19,20). The highest BCUT2D eigenvalue weighted by Gasteiger charge is 2.12. The summed E-state index contributed by atoms with van der Waals surface area (Å²) in [6.07, 6.45) is 2.38. The Balaban J connectivity index is 2.95. The number of nitrogens with zero attached hydrogens (tertiary/aromatic N) is 2. The molecule has 20 heavy (non-hydrogen) atoms. The van der Waals surface area contributed by atoms with E-state index in [-0.39, 0.29) is 18.2 Å². The minimum atomic E-state index is -0.845. The van der Waals surface area contributed by atoms with E-state index in [0.29, 0.717) is 13.1 Å². The van der Waals surface area contributed by atoms with Gasteiger partial charge in [0.05, 0.1) is 12.6 Å². The summed E-state index contributed by atoms with van der Waals surface area (Å²) in [7, 11) is 1.81. The lowest BCUT2D eigenvalue weighted by Gasteiger charge is -2.23. The number of carbonyl (C=O) groups is 1. The molecular weight excluding hydrogens is 260 g/mol. The number of carboxylic acid groups (broad SMARTS) is 1. The van der Waals surface area contributed by atoms with E-state index in [0.717, 1.165) is 12.1 Å². The second-order valence-electron chi connectivity index (χ2n) is 5.06. The molecule has 0 saturated heterocycles. The van der Waals surface area contributed by atoms with Crippen LogP contribution in [0.3, 0.4) is 0 Å². The zero-order valence-corrected chi connectivity index (χ0v) is 12.2. The highest BCUT2D eigenvalue weighted by Crippen LogP contribution is 2.16. The van der Waals surface area contributed by atoms with E-state index < -0.39 is 11.4 Å². The lowest BCUT2D eigenvalue weighted by molar-refractivity contribution is -0.137. The lowest BCUT2D eigenvalue weighted by Crippen LogP contribution is -2.25. The van der Waals surface area contributed by atoms with Gasteiger partial charge in [0.1, 0.15) is 0 Å². The Kier molecular flexibility index (Phi) is 5.76. The van der Waals surface area contributed by atoms with Crippen molar-refractivity contribution in [2.24, 2.45) is 0 Å². The van der Waals surface area contributed by atoms with E-state index in [2.05, 4.69) is 0 Å². The first-order chi connectivity index (χ1) is 9.35. The molecule has 0 amide bonds. The molecule has 1 aromatic heterocycles. The molecule has 0 aliphatic heterocycles. The van der Waals surface area contributed by atoms with Crippen LogP contribution in [0.1, 0.15) is 38.4 Å². The van der Waals surface area contributed by atoms with Crippen LogP contribution < -0.4 is 5.43 Å². The van der Waals surface area contributed by atoms with Crippen LogP contribution in [-0.4, -0.2) is 39.2 Å². The normalized spacial score (nSPS) is 12.6. The van der Waals surface area contributed by atoms with Crippen LogP contribution in [0.2, 0.25) is 0 Å². The number of aliphatic carboxylic acids is 1. The molecule has 1 rings (SSSR count). The second kappa shape index (κ2) is 7.09. The van der Waals surface area contributed by atoms with E-state index in [1.165, 1.54) is 12.3 Å². The SMILES string of the molecule is CCC(C)n1cc(O)c(=O)cc1CN(C)CCC(=O)O. The average molecular weight is 282 g/mol. The molecule has 6 heteroatoms. The van der Waals surface area contributed by atoms with Crippen molar-refractivity contribution in [2.45, 2.75) is 39.3 Å². The maximum Gasteiger partial charge on any atom is 0.304 e. The smallest absolute Gasteiger partial charge is 0.304 e. The summed E-state index contributed by atoms with van der Waals surface area (Å²) >= 11 is 0. The van der Waals surface area contributed by atoms with Crippen molar-refractivity contribution in [1.29, 1.82) is 0 Å².